The lowest BCUT2D eigenvalue weighted by atomic mass is 9.32. The Balaban J connectivity index is 1.25. The number of hydrogen-bond acceptors (Lipinski definition) is 10. The van der Waals surface area contributed by atoms with Crippen LogP contribution in [-0.2, 0) is 47.6 Å². The van der Waals surface area contributed by atoms with Gasteiger partial charge in [-0.1, -0.05) is 46.8 Å². The molecule has 54 heavy (non-hydrogen) atoms. The number of carbonyl (C=O) groups excluding carboxylic acids is 4. The molecule has 1 saturated heterocycles. The molecule has 0 aromatic heterocycles. The fourth-order valence-corrected chi connectivity index (χ4v) is 14.2. The number of hydrogen-bond donors (Lipinski definition) is 0. The van der Waals surface area contributed by atoms with Crippen molar-refractivity contribution in [2.24, 2.45) is 56.7 Å². The van der Waals surface area contributed by atoms with Gasteiger partial charge in [-0.05, 0) is 122 Å². The van der Waals surface area contributed by atoms with Gasteiger partial charge in [0, 0.05) is 39.5 Å². The standard InChI is InChI=1S/C44H68O10/c1-25(2)30-14-19-44(24-50-37-22-32(51-27(4)46)39(53-29(6)48)33(54-37)23-49-26(3)45)21-20-42(10)31(38(30)44)12-13-35-41(9)17-16-36(52-28(5)47)40(7,8)34(41)15-18-43(35,42)11/h30-39H,1,12-24H2,2-11H3/t30-,31+,32+,33+,34-,35?,36+,37?,38+,39-,41-,42+,43+,44+/m0/s1. The molecule has 1 aliphatic heterocycles. The van der Waals surface area contributed by atoms with Crippen LogP contribution in [-0.4, -0.2) is 67.8 Å². The van der Waals surface area contributed by atoms with Crippen molar-refractivity contribution in [2.75, 3.05) is 13.2 Å². The molecule has 0 radical (unpaired) electrons. The molecule has 0 spiro atoms. The molecule has 304 valence electrons. The predicted molar refractivity (Wildman–Crippen MR) is 201 cm³/mol. The molecule has 10 heteroatoms. The second-order valence-corrected chi connectivity index (χ2v) is 19.7. The molecular formula is C44H68O10. The number of ether oxygens (including phenoxy) is 6. The van der Waals surface area contributed by atoms with E-state index in [1.165, 1.54) is 45.6 Å². The van der Waals surface area contributed by atoms with Gasteiger partial charge in [-0.25, -0.2) is 0 Å². The average Bonchev–Trinajstić information content (AvgIpc) is 3.45. The second-order valence-electron chi connectivity index (χ2n) is 19.7. The zero-order valence-corrected chi connectivity index (χ0v) is 34.8. The molecule has 2 unspecified atom stereocenters. The fourth-order valence-electron chi connectivity index (χ4n) is 14.2. The first kappa shape index (κ1) is 41.2. The van der Waals surface area contributed by atoms with Crippen molar-refractivity contribution in [2.45, 2.75) is 171 Å². The van der Waals surface area contributed by atoms with Crippen molar-refractivity contribution in [3.8, 4) is 0 Å². The monoisotopic (exact) mass is 756 g/mol. The third kappa shape index (κ3) is 6.96. The Morgan fingerprint density at radius 2 is 1.39 bits per heavy atom. The summed E-state index contributed by atoms with van der Waals surface area (Å²) in [5, 5.41) is 0. The first-order valence-electron chi connectivity index (χ1n) is 20.8. The molecule has 0 amide bonds. The van der Waals surface area contributed by atoms with E-state index in [4.69, 9.17) is 28.4 Å². The molecule has 10 nitrogen and oxygen atoms in total. The zero-order chi connectivity index (χ0) is 39.6. The summed E-state index contributed by atoms with van der Waals surface area (Å²) in [7, 11) is 0. The molecule has 6 aliphatic rings. The molecule has 1 heterocycles. The number of rotatable bonds is 9. The van der Waals surface area contributed by atoms with E-state index in [1.807, 2.05) is 0 Å². The Labute approximate surface area is 323 Å². The van der Waals surface area contributed by atoms with Crippen LogP contribution >= 0.6 is 0 Å². The Hall–Kier alpha value is -2.46. The molecule has 0 aromatic carbocycles. The quantitative estimate of drug-likeness (QED) is 0.129. The van der Waals surface area contributed by atoms with Gasteiger partial charge in [0.1, 0.15) is 24.9 Å². The predicted octanol–water partition coefficient (Wildman–Crippen LogP) is 8.13. The summed E-state index contributed by atoms with van der Waals surface area (Å²) in [4.78, 5) is 48.2. The van der Waals surface area contributed by atoms with Gasteiger partial charge in [0.15, 0.2) is 12.4 Å². The maximum atomic E-state index is 12.2. The van der Waals surface area contributed by atoms with Gasteiger partial charge in [0.2, 0.25) is 0 Å². The van der Waals surface area contributed by atoms with Crippen molar-refractivity contribution in [3.05, 3.63) is 12.2 Å². The highest BCUT2D eigenvalue weighted by atomic mass is 16.7. The van der Waals surface area contributed by atoms with Crippen LogP contribution < -0.4 is 0 Å². The number of carbonyl (C=O) groups is 4. The van der Waals surface area contributed by atoms with E-state index >= 15 is 0 Å². The maximum Gasteiger partial charge on any atom is 0.303 e. The van der Waals surface area contributed by atoms with Gasteiger partial charge in [-0.15, -0.1) is 0 Å². The smallest absolute Gasteiger partial charge is 0.303 e. The minimum absolute atomic E-state index is 0.0311. The summed E-state index contributed by atoms with van der Waals surface area (Å²) in [6.45, 7) is 25.1. The van der Waals surface area contributed by atoms with E-state index in [1.54, 1.807) is 6.92 Å². The topological polar surface area (TPSA) is 124 Å². The van der Waals surface area contributed by atoms with Gasteiger partial charge in [-0.2, -0.15) is 0 Å². The fraction of sp³-hybridized carbons (Fsp3) is 0.864. The molecule has 6 fully saturated rings. The van der Waals surface area contributed by atoms with Crippen molar-refractivity contribution in [1.82, 2.24) is 0 Å². The lowest BCUT2D eigenvalue weighted by Gasteiger charge is -2.73. The van der Waals surface area contributed by atoms with Crippen LogP contribution in [0, 0.1) is 56.7 Å². The second kappa shape index (κ2) is 14.8. The van der Waals surface area contributed by atoms with Gasteiger partial charge < -0.3 is 28.4 Å². The summed E-state index contributed by atoms with van der Waals surface area (Å²) in [6.07, 6.45) is 7.97. The van der Waals surface area contributed by atoms with Crippen molar-refractivity contribution < 1.29 is 47.6 Å². The van der Waals surface area contributed by atoms with Gasteiger partial charge in [0.25, 0.3) is 0 Å². The number of allylic oxidation sites excluding steroid dienone is 1. The van der Waals surface area contributed by atoms with E-state index in [0.29, 0.717) is 36.2 Å². The van der Waals surface area contributed by atoms with Crippen LogP contribution in [0.25, 0.3) is 0 Å². The zero-order valence-electron chi connectivity index (χ0n) is 34.8. The summed E-state index contributed by atoms with van der Waals surface area (Å²) >= 11 is 0. The SMILES string of the molecule is C=C(C)[C@@H]1CC[C@]2(COC3C[C@@H](OC(C)=O)[C@H](OC(C)=O)[C@@H](COC(C)=O)O3)CC[C@]3(C)[C@H](CCC4[C@@]5(C)CC[C@@H](OC(C)=O)C(C)(C)[C@@H]5CC[C@]43C)[C@@H]12. The van der Waals surface area contributed by atoms with Crippen molar-refractivity contribution >= 4 is 23.9 Å². The third-order valence-electron chi connectivity index (χ3n) is 16.6. The highest BCUT2D eigenvalue weighted by Crippen LogP contribution is 2.77. The molecule has 0 N–H and O–H groups in total. The van der Waals surface area contributed by atoms with Crippen LogP contribution in [0.15, 0.2) is 12.2 Å². The highest BCUT2D eigenvalue weighted by Gasteiger charge is 2.71. The van der Waals surface area contributed by atoms with Gasteiger partial charge in [0.05, 0.1) is 6.61 Å². The average molecular weight is 757 g/mol. The first-order valence-corrected chi connectivity index (χ1v) is 20.8. The Kier molecular flexibility index (Phi) is 11.3. The van der Waals surface area contributed by atoms with Crippen LogP contribution in [0.4, 0.5) is 0 Å². The van der Waals surface area contributed by atoms with E-state index in [2.05, 4.69) is 48.1 Å². The normalized spacial score (nSPS) is 45.0. The minimum atomic E-state index is -0.929. The largest absolute Gasteiger partial charge is 0.463 e. The lowest BCUT2D eigenvalue weighted by Crippen LogP contribution is -2.67. The van der Waals surface area contributed by atoms with Crippen molar-refractivity contribution in [1.29, 1.82) is 0 Å². The molecule has 0 bridgehead atoms. The lowest BCUT2D eigenvalue weighted by molar-refractivity contribution is -0.282. The maximum absolute atomic E-state index is 12.2. The Morgan fingerprint density at radius 3 is 2.02 bits per heavy atom. The highest BCUT2D eigenvalue weighted by molar-refractivity contribution is 5.68. The summed E-state index contributed by atoms with van der Waals surface area (Å²) in [6, 6.07) is 0. The summed E-state index contributed by atoms with van der Waals surface area (Å²) in [5.74, 6) is 0.769. The molecular weight excluding hydrogens is 688 g/mol. The summed E-state index contributed by atoms with van der Waals surface area (Å²) < 4.78 is 35.7. The van der Waals surface area contributed by atoms with Crippen LogP contribution in [0.3, 0.4) is 0 Å². The van der Waals surface area contributed by atoms with E-state index in [0.717, 1.165) is 44.9 Å². The summed E-state index contributed by atoms with van der Waals surface area (Å²) in [5.41, 5.74) is 1.65. The molecule has 14 atom stereocenters. The Morgan fingerprint density at radius 1 is 0.704 bits per heavy atom. The van der Waals surface area contributed by atoms with E-state index < -0.39 is 42.5 Å². The van der Waals surface area contributed by atoms with E-state index in [-0.39, 0.29) is 52.2 Å². The van der Waals surface area contributed by atoms with E-state index in [9.17, 15) is 19.2 Å². The van der Waals surface area contributed by atoms with Crippen LogP contribution in [0.2, 0.25) is 0 Å². The van der Waals surface area contributed by atoms with Crippen LogP contribution in [0.5, 0.6) is 0 Å². The minimum Gasteiger partial charge on any atom is -0.463 e. The van der Waals surface area contributed by atoms with Crippen molar-refractivity contribution in [3.63, 3.8) is 0 Å². The van der Waals surface area contributed by atoms with Gasteiger partial charge in [-0.3, -0.25) is 19.2 Å². The molecule has 0 aromatic rings. The van der Waals surface area contributed by atoms with Gasteiger partial charge >= 0.3 is 23.9 Å². The number of fused-ring (bicyclic) bond motifs is 7. The van der Waals surface area contributed by atoms with Crippen LogP contribution in [0.1, 0.15) is 140 Å². The molecule has 5 aliphatic carbocycles. The molecule has 5 saturated carbocycles. The third-order valence-corrected chi connectivity index (χ3v) is 16.6. The number of esters is 4. The first-order chi connectivity index (χ1) is 25.2. The Bertz CT molecular complexity index is 1490. The molecule has 6 rings (SSSR count).